The van der Waals surface area contributed by atoms with Crippen LogP contribution in [0.5, 0.6) is 0 Å². The molecule has 0 saturated carbocycles. The van der Waals surface area contributed by atoms with Crippen molar-refractivity contribution in [2.24, 2.45) is 4.99 Å². The molecule has 0 aliphatic rings. The zero-order valence-electron chi connectivity index (χ0n) is 16.9. The van der Waals surface area contributed by atoms with E-state index in [4.69, 9.17) is 0 Å². The largest absolute Gasteiger partial charge is 0.357 e. The summed E-state index contributed by atoms with van der Waals surface area (Å²) in [6.45, 7) is 7.52. The predicted molar refractivity (Wildman–Crippen MR) is 120 cm³/mol. The van der Waals surface area contributed by atoms with Crippen molar-refractivity contribution in [3.8, 4) is 0 Å². The van der Waals surface area contributed by atoms with Crippen LogP contribution in [-0.4, -0.2) is 39.3 Å². The van der Waals surface area contributed by atoms with Gasteiger partial charge in [0.2, 0.25) is 0 Å². The summed E-state index contributed by atoms with van der Waals surface area (Å²) in [6.07, 6.45) is 1.46. The van der Waals surface area contributed by atoms with Crippen molar-refractivity contribution in [2.75, 3.05) is 18.8 Å². The molecule has 1 aromatic heterocycles. The van der Waals surface area contributed by atoms with Crippen molar-refractivity contribution in [3.05, 3.63) is 57.8 Å². The first-order chi connectivity index (χ1) is 13.4. The molecular weight excluding hydrogens is 390 g/mol. The van der Waals surface area contributed by atoms with Crippen LogP contribution in [-0.2, 0) is 22.0 Å². The van der Waals surface area contributed by atoms with Crippen LogP contribution in [0, 0.1) is 6.92 Å². The zero-order chi connectivity index (χ0) is 20.4. The molecule has 7 heteroatoms. The van der Waals surface area contributed by atoms with Crippen molar-refractivity contribution < 1.29 is 8.42 Å². The lowest BCUT2D eigenvalue weighted by Gasteiger charge is -2.17. The van der Waals surface area contributed by atoms with E-state index in [1.54, 1.807) is 0 Å². The minimum Gasteiger partial charge on any atom is -0.357 e. The molecule has 0 radical (unpaired) electrons. The molecule has 0 saturated heterocycles. The first-order valence-corrected chi connectivity index (χ1v) is 12.4. The van der Waals surface area contributed by atoms with E-state index in [0.717, 1.165) is 24.5 Å². The molecule has 0 amide bonds. The van der Waals surface area contributed by atoms with Gasteiger partial charge < -0.3 is 10.6 Å². The van der Waals surface area contributed by atoms with E-state index in [1.807, 2.05) is 48.6 Å². The van der Waals surface area contributed by atoms with Gasteiger partial charge in [0, 0.05) is 35.3 Å². The average molecular weight is 422 g/mol. The van der Waals surface area contributed by atoms with Gasteiger partial charge in [0.25, 0.3) is 0 Å². The summed E-state index contributed by atoms with van der Waals surface area (Å²) in [5.74, 6) is 0.978. The van der Waals surface area contributed by atoms with Crippen LogP contribution in [0.2, 0.25) is 0 Å². The SMILES string of the molecule is CCNC(=NCCCS(=O)(=O)Cc1ccccc1)NC(C)Cc1ccc(C)s1. The number of hydrogen-bond acceptors (Lipinski definition) is 4. The van der Waals surface area contributed by atoms with Crippen molar-refractivity contribution in [1.29, 1.82) is 0 Å². The molecule has 1 aromatic carbocycles. The molecule has 154 valence electrons. The Morgan fingerprint density at radius 2 is 1.93 bits per heavy atom. The van der Waals surface area contributed by atoms with Crippen molar-refractivity contribution in [1.82, 2.24) is 10.6 Å². The highest BCUT2D eigenvalue weighted by atomic mass is 32.2. The van der Waals surface area contributed by atoms with Gasteiger partial charge in [0.15, 0.2) is 15.8 Å². The van der Waals surface area contributed by atoms with E-state index < -0.39 is 9.84 Å². The lowest BCUT2D eigenvalue weighted by molar-refractivity contribution is 0.592. The smallest absolute Gasteiger partial charge is 0.191 e. The zero-order valence-corrected chi connectivity index (χ0v) is 18.6. The summed E-state index contributed by atoms with van der Waals surface area (Å²) in [7, 11) is -3.11. The fraction of sp³-hybridized carbons (Fsp3) is 0.476. The minimum absolute atomic E-state index is 0.0904. The lowest BCUT2D eigenvalue weighted by Crippen LogP contribution is -2.43. The minimum atomic E-state index is -3.11. The van der Waals surface area contributed by atoms with E-state index in [1.165, 1.54) is 9.75 Å². The number of rotatable bonds is 10. The van der Waals surface area contributed by atoms with E-state index in [0.29, 0.717) is 13.0 Å². The molecule has 2 N–H and O–H groups in total. The second-order valence-electron chi connectivity index (χ2n) is 6.95. The Balaban J connectivity index is 1.81. The Morgan fingerprint density at radius 1 is 1.18 bits per heavy atom. The van der Waals surface area contributed by atoms with Crippen LogP contribution in [0.15, 0.2) is 47.5 Å². The first-order valence-electron chi connectivity index (χ1n) is 9.72. The molecule has 0 aliphatic carbocycles. The second-order valence-corrected chi connectivity index (χ2v) is 10.5. The van der Waals surface area contributed by atoms with Crippen molar-refractivity contribution >= 4 is 27.1 Å². The number of hydrogen-bond donors (Lipinski definition) is 2. The van der Waals surface area contributed by atoms with Crippen LogP contribution in [0.1, 0.15) is 35.6 Å². The summed E-state index contributed by atoms with van der Waals surface area (Å²) in [5.41, 5.74) is 0.832. The number of benzene rings is 1. The highest BCUT2D eigenvalue weighted by Crippen LogP contribution is 2.16. The van der Waals surface area contributed by atoms with Gasteiger partial charge in [0.05, 0.1) is 11.5 Å². The van der Waals surface area contributed by atoms with E-state index in [2.05, 4.69) is 41.6 Å². The van der Waals surface area contributed by atoms with Gasteiger partial charge >= 0.3 is 0 Å². The molecule has 1 heterocycles. The summed E-state index contributed by atoms with van der Waals surface area (Å²) >= 11 is 1.81. The fourth-order valence-electron chi connectivity index (χ4n) is 2.88. The number of aryl methyl sites for hydroxylation is 1. The quantitative estimate of drug-likeness (QED) is 0.350. The average Bonchev–Trinajstić information content (AvgIpc) is 3.04. The molecular formula is C21H31N3O2S2. The monoisotopic (exact) mass is 421 g/mol. The Labute approximate surface area is 173 Å². The molecule has 1 unspecified atom stereocenters. The highest BCUT2D eigenvalue weighted by molar-refractivity contribution is 7.90. The van der Waals surface area contributed by atoms with Crippen molar-refractivity contribution in [3.63, 3.8) is 0 Å². The van der Waals surface area contributed by atoms with Crippen molar-refractivity contribution in [2.45, 2.75) is 45.4 Å². The molecule has 5 nitrogen and oxygen atoms in total. The molecule has 0 spiro atoms. The molecule has 28 heavy (non-hydrogen) atoms. The van der Waals surface area contributed by atoms with Gasteiger partial charge in [-0.05, 0) is 44.9 Å². The van der Waals surface area contributed by atoms with Gasteiger partial charge in [-0.2, -0.15) is 0 Å². The van der Waals surface area contributed by atoms with Gasteiger partial charge in [0.1, 0.15) is 0 Å². The van der Waals surface area contributed by atoms with Crippen LogP contribution < -0.4 is 10.6 Å². The van der Waals surface area contributed by atoms with Crippen LogP contribution in [0.25, 0.3) is 0 Å². The highest BCUT2D eigenvalue weighted by Gasteiger charge is 2.12. The second kappa shape index (κ2) is 11.2. The number of sulfone groups is 1. The Hall–Kier alpha value is -1.86. The maximum absolute atomic E-state index is 12.3. The summed E-state index contributed by atoms with van der Waals surface area (Å²) in [4.78, 5) is 7.21. The maximum atomic E-state index is 12.3. The lowest BCUT2D eigenvalue weighted by atomic mass is 10.2. The number of guanidine groups is 1. The number of aliphatic imine (C=N–C) groups is 1. The van der Waals surface area contributed by atoms with Crippen LogP contribution in [0.4, 0.5) is 0 Å². The third-order valence-corrected chi connectivity index (χ3v) is 6.85. The third-order valence-electron chi connectivity index (χ3n) is 4.14. The third kappa shape index (κ3) is 8.44. The molecule has 1 atom stereocenters. The van der Waals surface area contributed by atoms with Crippen LogP contribution >= 0.6 is 11.3 Å². The number of nitrogens with one attached hydrogen (secondary N) is 2. The Bertz CT molecular complexity index is 846. The Kier molecular flexibility index (Phi) is 8.99. The summed E-state index contributed by atoms with van der Waals surface area (Å²) in [6, 6.07) is 13.9. The molecule has 2 aromatic rings. The van der Waals surface area contributed by atoms with Gasteiger partial charge in [-0.1, -0.05) is 30.3 Å². The summed E-state index contributed by atoms with van der Waals surface area (Å²) < 4.78 is 24.5. The normalized spacial score (nSPS) is 13.3. The van der Waals surface area contributed by atoms with E-state index in [-0.39, 0.29) is 17.5 Å². The van der Waals surface area contributed by atoms with E-state index >= 15 is 0 Å². The Morgan fingerprint density at radius 3 is 2.57 bits per heavy atom. The molecule has 2 rings (SSSR count). The molecule has 0 aliphatic heterocycles. The molecule has 0 fully saturated rings. The van der Waals surface area contributed by atoms with Crippen LogP contribution in [0.3, 0.4) is 0 Å². The first kappa shape index (κ1) is 22.4. The predicted octanol–water partition coefficient (Wildman–Crippen LogP) is 3.55. The van der Waals surface area contributed by atoms with Gasteiger partial charge in [-0.25, -0.2) is 8.42 Å². The maximum Gasteiger partial charge on any atom is 0.191 e. The number of thiophene rings is 1. The summed E-state index contributed by atoms with van der Waals surface area (Å²) in [5, 5.41) is 6.64. The van der Waals surface area contributed by atoms with Gasteiger partial charge in [-0.3, -0.25) is 4.99 Å². The molecule has 0 bridgehead atoms. The standard InChI is InChI=1S/C21H31N3O2S2/c1-4-22-21(24-17(2)15-20-12-11-18(3)27-20)23-13-8-14-28(25,26)16-19-9-6-5-7-10-19/h5-7,9-12,17H,4,8,13-16H2,1-3H3,(H2,22,23,24). The topological polar surface area (TPSA) is 70.6 Å². The fourth-order valence-corrected chi connectivity index (χ4v) is 5.31. The van der Waals surface area contributed by atoms with E-state index in [9.17, 15) is 8.42 Å². The van der Waals surface area contributed by atoms with Gasteiger partial charge in [-0.15, -0.1) is 11.3 Å². The number of nitrogens with zero attached hydrogens (tertiary/aromatic N) is 1.